The van der Waals surface area contributed by atoms with Gasteiger partial charge >= 0.3 is 0 Å². The molecule has 0 saturated heterocycles. The standard InChI is InChI=1S/C10H14BrNS/c1-6-4-13-8(7(6)11)10(12)5-9(10,2)3/h4H,5,12H2,1-3H3. The monoisotopic (exact) mass is 259 g/mol. The Balaban J connectivity index is 2.44. The van der Waals surface area contributed by atoms with Crippen LogP contribution in [-0.2, 0) is 5.54 Å². The van der Waals surface area contributed by atoms with Crippen molar-refractivity contribution in [2.45, 2.75) is 32.7 Å². The fourth-order valence-electron chi connectivity index (χ4n) is 1.77. The molecule has 0 aliphatic heterocycles. The Bertz CT molecular complexity index is 356. The second kappa shape index (κ2) is 2.59. The lowest BCUT2D eigenvalue weighted by atomic mass is 10.0. The first-order chi connectivity index (χ1) is 5.88. The lowest BCUT2D eigenvalue weighted by molar-refractivity contribution is 0.515. The van der Waals surface area contributed by atoms with Gasteiger partial charge in [-0.2, -0.15) is 0 Å². The maximum absolute atomic E-state index is 6.34. The molecule has 1 nitrogen and oxygen atoms in total. The van der Waals surface area contributed by atoms with Crippen molar-refractivity contribution in [1.82, 2.24) is 0 Å². The fourth-order valence-corrected chi connectivity index (χ4v) is 3.91. The summed E-state index contributed by atoms with van der Waals surface area (Å²) in [6.45, 7) is 6.58. The van der Waals surface area contributed by atoms with Crippen molar-refractivity contribution >= 4 is 27.3 Å². The van der Waals surface area contributed by atoms with Gasteiger partial charge in [0.2, 0.25) is 0 Å². The van der Waals surface area contributed by atoms with Crippen molar-refractivity contribution in [3.8, 4) is 0 Å². The molecular weight excluding hydrogens is 246 g/mol. The number of thiophene rings is 1. The van der Waals surface area contributed by atoms with E-state index in [1.165, 1.54) is 14.9 Å². The predicted molar refractivity (Wildman–Crippen MR) is 61.0 cm³/mol. The Morgan fingerprint density at radius 1 is 1.54 bits per heavy atom. The van der Waals surface area contributed by atoms with Crippen LogP contribution in [0.2, 0.25) is 0 Å². The molecule has 13 heavy (non-hydrogen) atoms. The Morgan fingerprint density at radius 2 is 2.08 bits per heavy atom. The molecule has 1 unspecified atom stereocenters. The number of rotatable bonds is 1. The molecule has 0 bridgehead atoms. The van der Waals surface area contributed by atoms with E-state index in [2.05, 4.69) is 42.1 Å². The summed E-state index contributed by atoms with van der Waals surface area (Å²) in [7, 11) is 0. The molecule has 2 N–H and O–H groups in total. The van der Waals surface area contributed by atoms with Crippen LogP contribution in [0.5, 0.6) is 0 Å². The minimum Gasteiger partial charge on any atom is -0.320 e. The number of halogens is 1. The van der Waals surface area contributed by atoms with Gasteiger partial charge in [-0.05, 0) is 45.6 Å². The second-order valence-electron chi connectivity index (χ2n) is 4.59. The molecule has 1 atom stereocenters. The smallest absolute Gasteiger partial charge is 0.0573 e. The van der Waals surface area contributed by atoms with Crippen LogP contribution in [-0.4, -0.2) is 0 Å². The lowest BCUT2D eigenvalue weighted by Gasteiger charge is -2.13. The topological polar surface area (TPSA) is 26.0 Å². The fraction of sp³-hybridized carbons (Fsp3) is 0.600. The molecule has 1 aliphatic rings. The molecule has 1 heterocycles. The number of nitrogens with two attached hydrogens (primary N) is 1. The minimum atomic E-state index is -0.0786. The molecule has 1 aliphatic carbocycles. The van der Waals surface area contributed by atoms with Gasteiger partial charge in [-0.15, -0.1) is 11.3 Å². The van der Waals surface area contributed by atoms with Crippen molar-refractivity contribution in [3.05, 3.63) is 20.3 Å². The van der Waals surface area contributed by atoms with Gasteiger partial charge in [-0.3, -0.25) is 0 Å². The Labute approximate surface area is 91.5 Å². The Hall–Kier alpha value is 0.140. The first-order valence-electron chi connectivity index (χ1n) is 4.41. The molecule has 1 aromatic heterocycles. The molecule has 0 aromatic carbocycles. The number of aryl methyl sites for hydroxylation is 1. The average Bonchev–Trinajstić information content (AvgIpc) is 2.35. The number of hydrogen-bond acceptors (Lipinski definition) is 2. The normalized spacial score (nSPS) is 30.5. The molecule has 0 radical (unpaired) electrons. The van der Waals surface area contributed by atoms with E-state index in [-0.39, 0.29) is 11.0 Å². The third kappa shape index (κ3) is 1.21. The van der Waals surface area contributed by atoms with Crippen LogP contribution in [0.1, 0.15) is 30.7 Å². The first kappa shape index (κ1) is 9.69. The van der Waals surface area contributed by atoms with Crippen molar-refractivity contribution < 1.29 is 0 Å². The van der Waals surface area contributed by atoms with Crippen LogP contribution >= 0.6 is 27.3 Å². The molecule has 2 rings (SSSR count). The third-order valence-electron chi connectivity index (χ3n) is 3.11. The van der Waals surface area contributed by atoms with Gasteiger partial charge in [0.15, 0.2) is 0 Å². The van der Waals surface area contributed by atoms with Crippen LogP contribution in [0.3, 0.4) is 0 Å². The van der Waals surface area contributed by atoms with Crippen LogP contribution in [0.25, 0.3) is 0 Å². The van der Waals surface area contributed by atoms with Gasteiger partial charge in [0, 0.05) is 9.35 Å². The highest BCUT2D eigenvalue weighted by Crippen LogP contribution is 2.62. The van der Waals surface area contributed by atoms with E-state index in [9.17, 15) is 0 Å². The summed E-state index contributed by atoms with van der Waals surface area (Å²) in [5, 5.41) is 2.17. The van der Waals surface area contributed by atoms with Gasteiger partial charge in [-0.25, -0.2) is 0 Å². The van der Waals surface area contributed by atoms with Crippen LogP contribution < -0.4 is 5.73 Å². The van der Waals surface area contributed by atoms with Crippen molar-refractivity contribution in [3.63, 3.8) is 0 Å². The van der Waals surface area contributed by atoms with Crippen LogP contribution in [0.15, 0.2) is 9.85 Å². The van der Waals surface area contributed by atoms with Gasteiger partial charge in [0.1, 0.15) is 0 Å². The molecule has 1 fully saturated rings. The molecule has 72 valence electrons. The predicted octanol–water partition coefficient (Wildman–Crippen LogP) is 3.40. The van der Waals surface area contributed by atoms with Gasteiger partial charge in [-0.1, -0.05) is 13.8 Å². The van der Waals surface area contributed by atoms with Crippen molar-refractivity contribution in [1.29, 1.82) is 0 Å². The van der Waals surface area contributed by atoms with E-state index in [4.69, 9.17) is 5.73 Å². The molecule has 1 saturated carbocycles. The van der Waals surface area contributed by atoms with E-state index >= 15 is 0 Å². The largest absolute Gasteiger partial charge is 0.320 e. The summed E-state index contributed by atoms with van der Waals surface area (Å²) in [4.78, 5) is 1.31. The van der Waals surface area contributed by atoms with Crippen molar-refractivity contribution in [2.75, 3.05) is 0 Å². The maximum atomic E-state index is 6.34. The van der Waals surface area contributed by atoms with Crippen LogP contribution in [0, 0.1) is 12.3 Å². The van der Waals surface area contributed by atoms with E-state index in [0.717, 1.165) is 6.42 Å². The lowest BCUT2D eigenvalue weighted by Crippen LogP contribution is -2.24. The van der Waals surface area contributed by atoms with Gasteiger partial charge in [0.05, 0.1) is 5.54 Å². The highest BCUT2D eigenvalue weighted by molar-refractivity contribution is 9.10. The van der Waals surface area contributed by atoms with Gasteiger partial charge in [0.25, 0.3) is 0 Å². The minimum absolute atomic E-state index is 0.0786. The SMILES string of the molecule is Cc1csc(C2(N)CC2(C)C)c1Br. The molecule has 3 heteroatoms. The quantitative estimate of drug-likeness (QED) is 0.822. The molecular formula is C10H14BrNS. The van der Waals surface area contributed by atoms with Crippen LogP contribution in [0.4, 0.5) is 0 Å². The summed E-state index contributed by atoms with van der Waals surface area (Å²) in [6, 6.07) is 0. The molecule has 1 aromatic rings. The van der Waals surface area contributed by atoms with E-state index in [0.29, 0.717) is 0 Å². The Kier molecular flexibility index (Phi) is 1.93. The molecule has 0 amide bonds. The zero-order valence-corrected chi connectivity index (χ0v) is 10.6. The summed E-state index contributed by atoms with van der Waals surface area (Å²) in [5.74, 6) is 0. The second-order valence-corrected chi connectivity index (χ2v) is 6.27. The summed E-state index contributed by atoms with van der Waals surface area (Å²) >= 11 is 5.38. The zero-order valence-electron chi connectivity index (χ0n) is 8.15. The van der Waals surface area contributed by atoms with E-state index in [1.54, 1.807) is 11.3 Å². The Morgan fingerprint density at radius 3 is 2.38 bits per heavy atom. The average molecular weight is 260 g/mol. The summed E-state index contributed by atoms with van der Waals surface area (Å²) in [5.41, 5.74) is 7.83. The van der Waals surface area contributed by atoms with E-state index < -0.39 is 0 Å². The zero-order chi connectivity index (χ0) is 9.85. The summed E-state index contributed by atoms with van der Waals surface area (Å²) in [6.07, 6.45) is 1.10. The third-order valence-corrected chi connectivity index (χ3v) is 5.67. The van der Waals surface area contributed by atoms with E-state index in [1.807, 2.05) is 0 Å². The first-order valence-corrected chi connectivity index (χ1v) is 6.09. The molecule has 0 spiro atoms. The maximum Gasteiger partial charge on any atom is 0.0573 e. The van der Waals surface area contributed by atoms with Crippen molar-refractivity contribution in [2.24, 2.45) is 11.1 Å². The highest BCUT2D eigenvalue weighted by Gasteiger charge is 2.60. The highest BCUT2D eigenvalue weighted by atomic mass is 79.9. The van der Waals surface area contributed by atoms with Gasteiger partial charge < -0.3 is 5.73 Å². The number of hydrogen-bond donors (Lipinski definition) is 1. The summed E-state index contributed by atoms with van der Waals surface area (Å²) < 4.78 is 1.21.